The van der Waals surface area contributed by atoms with Crippen LogP contribution in [0.5, 0.6) is 0 Å². The third-order valence-electron chi connectivity index (χ3n) is 2.70. The van der Waals surface area contributed by atoms with Gasteiger partial charge in [0.05, 0.1) is 0 Å². The SMILES string of the molecule is C=C(CC1C=CC=C1)CC1C=CC=C1. The summed E-state index contributed by atoms with van der Waals surface area (Å²) >= 11 is 0. The molecule has 2 aliphatic rings. The summed E-state index contributed by atoms with van der Waals surface area (Å²) in [4.78, 5) is 0. The van der Waals surface area contributed by atoms with Crippen LogP contribution in [0.15, 0.2) is 60.8 Å². The molecule has 0 aliphatic heterocycles. The van der Waals surface area contributed by atoms with Crippen molar-refractivity contribution in [2.24, 2.45) is 11.8 Å². The summed E-state index contributed by atoms with van der Waals surface area (Å²) < 4.78 is 0. The molecule has 14 heavy (non-hydrogen) atoms. The maximum Gasteiger partial charge on any atom is -0.00102 e. The Morgan fingerprint density at radius 3 is 1.50 bits per heavy atom. The van der Waals surface area contributed by atoms with Crippen molar-refractivity contribution in [2.45, 2.75) is 12.8 Å². The zero-order valence-electron chi connectivity index (χ0n) is 8.39. The van der Waals surface area contributed by atoms with Gasteiger partial charge in [-0.05, 0) is 24.7 Å². The smallest absolute Gasteiger partial charge is 0.00102 e. The van der Waals surface area contributed by atoms with Crippen LogP contribution in [-0.2, 0) is 0 Å². The Morgan fingerprint density at radius 2 is 1.14 bits per heavy atom. The van der Waals surface area contributed by atoms with E-state index in [0.29, 0.717) is 11.8 Å². The molecule has 2 aliphatic carbocycles. The highest BCUT2D eigenvalue weighted by Gasteiger charge is 2.09. The zero-order valence-corrected chi connectivity index (χ0v) is 8.39. The topological polar surface area (TPSA) is 0 Å². The number of hydrogen-bond acceptors (Lipinski definition) is 0. The van der Waals surface area contributed by atoms with Crippen molar-refractivity contribution < 1.29 is 0 Å². The van der Waals surface area contributed by atoms with Crippen molar-refractivity contribution in [2.75, 3.05) is 0 Å². The van der Waals surface area contributed by atoms with Gasteiger partial charge in [-0.15, -0.1) is 0 Å². The van der Waals surface area contributed by atoms with E-state index in [-0.39, 0.29) is 0 Å². The molecule has 0 atom stereocenters. The van der Waals surface area contributed by atoms with Crippen molar-refractivity contribution in [3.8, 4) is 0 Å². The summed E-state index contributed by atoms with van der Waals surface area (Å²) in [6, 6.07) is 0. The molecule has 0 N–H and O–H groups in total. The minimum atomic E-state index is 0.594. The number of allylic oxidation sites excluding steroid dienone is 9. The van der Waals surface area contributed by atoms with E-state index in [1.54, 1.807) is 0 Å². The first-order valence-corrected chi connectivity index (χ1v) is 5.21. The Labute approximate surface area is 86.0 Å². The van der Waals surface area contributed by atoms with Crippen LogP contribution < -0.4 is 0 Å². The highest BCUT2D eigenvalue weighted by Crippen LogP contribution is 2.24. The first kappa shape index (κ1) is 9.26. The van der Waals surface area contributed by atoms with E-state index >= 15 is 0 Å². The molecule has 0 amide bonds. The van der Waals surface area contributed by atoms with Gasteiger partial charge >= 0.3 is 0 Å². The molecule has 0 fully saturated rings. The molecule has 0 radical (unpaired) electrons. The van der Waals surface area contributed by atoms with Crippen molar-refractivity contribution in [1.82, 2.24) is 0 Å². The fourth-order valence-electron chi connectivity index (χ4n) is 1.98. The monoisotopic (exact) mass is 184 g/mol. The van der Waals surface area contributed by atoms with Crippen LogP contribution in [0.2, 0.25) is 0 Å². The molecule has 0 bridgehead atoms. The van der Waals surface area contributed by atoms with Crippen molar-refractivity contribution in [3.63, 3.8) is 0 Å². The molecule has 0 saturated heterocycles. The first-order valence-electron chi connectivity index (χ1n) is 5.21. The van der Waals surface area contributed by atoms with E-state index in [2.05, 4.69) is 55.2 Å². The highest BCUT2D eigenvalue weighted by atomic mass is 14.1. The molecule has 2 rings (SSSR count). The Bertz CT molecular complexity index is 270. The molecule has 0 nitrogen and oxygen atoms in total. The van der Waals surface area contributed by atoms with Crippen molar-refractivity contribution in [1.29, 1.82) is 0 Å². The molecule has 72 valence electrons. The second kappa shape index (κ2) is 4.28. The lowest BCUT2D eigenvalue weighted by molar-refractivity contribution is 0.713. The lowest BCUT2D eigenvalue weighted by Crippen LogP contribution is -1.97. The van der Waals surface area contributed by atoms with Gasteiger partial charge in [-0.25, -0.2) is 0 Å². The van der Waals surface area contributed by atoms with E-state index in [0.717, 1.165) is 12.8 Å². The second-order valence-corrected chi connectivity index (χ2v) is 4.03. The molecular weight excluding hydrogens is 168 g/mol. The van der Waals surface area contributed by atoms with Crippen molar-refractivity contribution in [3.05, 3.63) is 60.8 Å². The largest absolute Gasteiger partial charge is 0.0998 e. The average Bonchev–Trinajstić information content (AvgIpc) is 2.76. The Balaban J connectivity index is 1.78. The van der Waals surface area contributed by atoms with E-state index in [4.69, 9.17) is 0 Å². The van der Waals surface area contributed by atoms with E-state index < -0.39 is 0 Å². The summed E-state index contributed by atoms with van der Waals surface area (Å²) in [6.07, 6.45) is 19.6. The minimum absolute atomic E-state index is 0.594. The predicted octanol–water partition coefficient (Wildman–Crippen LogP) is 3.81. The maximum atomic E-state index is 4.15. The van der Waals surface area contributed by atoms with Crippen LogP contribution in [0.4, 0.5) is 0 Å². The lowest BCUT2D eigenvalue weighted by atomic mass is 9.94. The zero-order chi connectivity index (χ0) is 9.80. The van der Waals surface area contributed by atoms with Crippen LogP contribution >= 0.6 is 0 Å². The summed E-state index contributed by atoms with van der Waals surface area (Å²) in [6.45, 7) is 4.15. The molecule has 0 saturated carbocycles. The van der Waals surface area contributed by atoms with Crippen molar-refractivity contribution >= 4 is 0 Å². The lowest BCUT2D eigenvalue weighted by Gasteiger charge is -2.11. The van der Waals surface area contributed by atoms with E-state index in [1.807, 2.05) is 0 Å². The fraction of sp³-hybridized carbons (Fsp3) is 0.286. The normalized spacial score (nSPS) is 20.0. The van der Waals surface area contributed by atoms with Gasteiger partial charge in [-0.1, -0.05) is 60.8 Å². The summed E-state index contributed by atoms with van der Waals surface area (Å²) in [5.74, 6) is 1.19. The second-order valence-electron chi connectivity index (χ2n) is 4.03. The van der Waals surface area contributed by atoms with Gasteiger partial charge in [0.1, 0.15) is 0 Å². The van der Waals surface area contributed by atoms with Gasteiger partial charge in [0.2, 0.25) is 0 Å². The summed E-state index contributed by atoms with van der Waals surface area (Å²) in [7, 11) is 0. The van der Waals surface area contributed by atoms with Gasteiger partial charge < -0.3 is 0 Å². The van der Waals surface area contributed by atoms with E-state index in [1.165, 1.54) is 5.57 Å². The van der Waals surface area contributed by atoms with Gasteiger partial charge in [0, 0.05) is 0 Å². The Kier molecular flexibility index (Phi) is 2.83. The number of rotatable bonds is 4. The van der Waals surface area contributed by atoms with E-state index in [9.17, 15) is 0 Å². The minimum Gasteiger partial charge on any atom is -0.0998 e. The summed E-state index contributed by atoms with van der Waals surface area (Å²) in [5, 5.41) is 0. The summed E-state index contributed by atoms with van der Waals surface area (Å²) in [5.41, 5.74) is 1.35. The molecule has 0 aromatic carbocycles. The molecular formula is C14H16. The Hall–Kier alpha value is -1.30. The van der Waals surface area contributed by atoms with Crippen LogP contribution in [0.1, 0.15) is 12.8 Å². The van der Waals surface area contributed by atoms with Crippen LogP contribution in [0.25, 0.3) is 0 Å². The molecule has 0 heterocycles. The quantitative estimate of drug-likeness (QED) is 0.583. The molecule has 0 unspecified atom stereocenters. The third-order valence-corrected chi connectivity index (χ3v) is 2.70. The molecule has 0 heteroatoms. The van der Waals surface area contributed by atoms with Gasteiger partial charge in [0.15, 0.2) is 0 Å². The molecule has 0 spiro atoms. The third kappa shape index (κ3) is 2.35. The van der Waals surface area contributed by atoms with Crippen LogP contribution in [0, 0.1) is 11.8 Å². The van der Waals surface area contributed by atoms with Gasteiger partial charge in [-0.3, -0.25) is 0 Å². The predicted molar refractivity (Wildman–Crippen MR) is 61.9 cm³/mol. The van der Waals surface area contributed by atoms with Crippen LogP contribution in [-0.4, -0.2) is 0 Å². The molecule has 0 aromatic heterocycles. The van der Waals surface area contributed by atoms with Crippen LogP contribution in [0.3, 0.4) is 0 Å². The maximum absolute atomic E-state index is 4.15. The van der Waals surface area contributed by atoms with Gasteiger partial charge in [-0.2, -0.15) is 0 Å². The van der Waals surface area contributed by atoms with Gasteiger partial charge in [0.25, 0.3) is 0 Å². The Morgan fingerprint density at radius 1 is 0.786 bits per heavy atom. The fourth-order valence-corrected chi connectivity index (χ4v) is 1.98. The highest BCUT2D eigenvalue weighted by molar-refractivity contribution is 5.23. The standard InChI is InChI=1S/C14H16/c1-12(10-13-6-2-3-7-13)11-14-8-4-5-9-14/h2-9,13-14H,1,10-11H2. The first-order chi connectivity index (χ1) is 6.84. The number of hydrogen-bond donors (Lipinski definition) is 0. The molecule has 0 aromatic rings. The average molecular weight is 184 g/mol.